The number of anilines is 1. The predicted molar refractivity (Wildman–Crippen MR) is 74.8 cm³/mol. The number of carboxylic acids is 1. The molecule has 2 rings (SSSR count). The molecule has 1 aromatic carbocycles. The summed E-state index contributed by atoms with van der Waals surface area (Å²) < 4.78 is 7.37. The molecule has 1 heterocycles. The number of hydrogen-bond donors (Lipinski definition) is 2. The molecule has 0 amide bonds. The number of aromatic nitrogens is 2. The third-order valence-electron chi connectivity index (χ3n) is 2.83. The van der Waals surface area contributed by atoms with Gasteiger partial charge in [-0.15, -0.1) is 0 Å². The number of ether oxygens (including phenoxy) is 1. The quantitative estimate of drug-likeness (QED) is 0.817. The minimum absolute atomic E-state index is 0.0372. The summed E-state index contributed by atoms with van der Waals surface area (Å²) in [5.74, 6) is -0.618. The largest absolute Gasteiger partial charge is 0.487 e. The minimum Gasteiger partial charge on any atom is -0.487 e. The van der Waals surface area contributed by atoms with Crippen LogP contribution in [-0.2, 0) is 6.61 Å². The molecule has 0 saturated carbocycles. The van der Waals surface area contributed by atoms with Gasteiger partial charge < -0.3 is 15.6 Å². The summed E-state index contributed by atoms with van der Waals surface area (Å²) in [6.45, 7) is 4.36. The van der Waals surface area contributed by atoms with Crippen molar-refractivity contribution in [1.29, 1.82) is 0 Å². The van der Waals surface area contributed by atoms with Gasteiger partial charge in [-0.2, -0.15) is 5.10 Å². The van der Waals surface area contributed by atoms with Crippen LogP contribution in [0.15, 0.2) is 30.5 Å². The van der Waals surface area contributed by atoms with Crippen LogP contribution in [0.3, 0.4) is 0 Å². The Kier molecular flexibility index (Phi) is 3.93. The van der Waals surface area contributed by atoms with Gasteiger partial charge in [0.25, 0.3) is 0 Å². The zero-order chi connectivity index (χ0) is 14.7. The molecule has 0 aliphatic heterocycles. The Hall–Kier alpha value is -2.50. The molecular formula is C14H17N3O3. The fraction of sp³-hybridized carbons (Fsp3) is 0.286. The highest BCUT2D eigenvalue weighted by Crippen LogP contribution is 2.20. The Morgan fingerprint density at radius 3 is 2.80 bits per heavy atom. The molecule has 0 atom stereocenters. The summed E-state index contributed by atoms with van der Waals surface area (Å²) in [4.78, 5) is 11.0. The van der Waals surface area contributed by atoms with E-state index >= 15 is 0 Å². The molecule has 0 fully saturated rings. The molecule has 0 bridgehead atoms. The Morgan fingerprint density at radius 1 is 1.45 bits per heavy atom. The fourth-order valence-electron chi connectivity index (χ4n) is 1.71. The maximum Gasteiger partial charge on any atom is 0.337 e. The highest BCUT2D eigenvalue weighted by molar-refractivity contribution is 5.94. The average Bonchev–Trinajstić information content (AvgIpc) is 2.86. The summed E-state index contributed by atoms with van der Waals surface area (Å²) in [5, 5.41) is 13.3. The van der Waals surface area contributed by atoms with Gasteiger partial charge in [-0.05, 0) is 38.1 Å². The average molecular weight is 275 g/mol. The van der Waals surface area contributed by atoms with E-state index in [1.807, 2.05) is 30.8 Å². The number of nitrogens with two attached hydrogens (primary N) is 1. The lowest BCUT2D eigenvalue weighted by atomic mass is 10.2. The van der Waals surface area contributed by atoms with Crippen LogP contribution in [0.1, 0.15) is 35.9 Å². The molecule has 0 aliphatic rings. The van der Waals surface area contributed by atoms with E-state index in [2.05, 4.69) is 5.10 Å². The number of benzene rings is 1. The zero-order valence-electron chi connectivity index (χ0n) is 11.4. The van der Waals surface area contributed by atoms with Crippen LogP contribution in [0.2, 0.25) is 0 Å². The lowest BCUT2D eigenvalue weighted by Gasteiger charge is -2.07. The van der Waals surface area contributed by atoms with Gasteiger partial charge in [-0.3, -0.25) is 4.68 Å². The molecule has 0 spiro atoms. The Labute approximate surface area is 116 Å². The highest BCUT2D eigenvalue weighted by Gasteiger charge is 2.10. The highest BCUT2D eigenvalue weighted by atomic mass is 16.5. The Balaban J connectivity index is 2.06. The van der Waals surface area contributed by atoms with Gasteiger partial charge in [0.05, 0.1) is 11.3 Å². The van der Waals surface area contributed by atoms with Gasteiger partial charge >= 0.3 is 5.97 Å². The maximum atomic E-state index is 11.0. The lowest BCUT2D eigenvalue weighted by Crippen LogP contribution is -2.05. The molecule has 0 unspecified atom stereocenters. The van der Waals surface area contributed by atoms with Crippen molar-refractivity contribution < 1.29 is 14.6 Å². The second-order valence-corrected chi connectivity index (χ2v) is 4.72. The van der Waals surface area contributed by atoms with Crippen molar-refractivity contribution in [3.05, 3.63) is 41.7 Å². The third-order valence-corrected chi connectivity index (χ3v) is 2.83. The molecule has 6 nitrogen and oxygen atoms in total. The molecule has 0 saturated heterocycles. The second kappa shape index (κ2) is 5.64. The van der Waals surface area contributed by atoms with E-state index in [4.69, 9.17) is 15.6 Å². The first-order chi connectivity index (χ1) is 9.47. The van der Waals surface area contributed by atoms with Crippen LogP contribution < -0.4 is 10.5 Å². The number of nitrogen functional groups attached to an aromatic ring is 1. The van der Waals surface area contributed by atoms with Crippen molar-refractivity contribution in [2.45, 2.75) is 26.5 Å². The van der Waals surface area contributed by atoms with Crippen molar-refractivity contribution in [3.8, 4) is 5.75 Å². The predicted octanol–water partition coefficient (Wildman–Crippen LogP) is 2.32. The first-order valence-corrected chi connectivity index (χ1v) is 6.27. The SMILES string of the molecule is CC(C)n1ccc(COc2ccc(N)c(C(=O)O)c2)n1. The maximum absolute atomic E-state index is 11.0. The monoisotopic (exact) mass is 275 g/mol. The summed E-state index contributed by atoms with van der Waals surface area (Å²) in [6, 6.07) is 6.73. The molecule has 3 N–H and O–H groups in total. The van der Waals surface area contributed by atoms with Gasteiger partial charge in [-0.1, -0.05) is 0 Å². The van der Waals surface area contributed by atoms with Gasteiger partial charge in [0, 0.05) is 17.9 Å². The molecule has 2 aromatic rings. The topological polar surface area (TPSA) is 90.4 Å². The molecule has 20 heavy (non-hydrogen) atoms. The van der Waals surface area contributed by atoms with Crippen LogP contribution in [0.25, 0.3) is 0 Å². The molecule has 6 heteroatoms. The number of carbonyl (C=O) groups is 1. The first kappa shape index (κ1) is 13.9. The molecular weight excluding hydrogens is 258 g/mol. The first-order valence-electron chi connectivity index (χ1n) is 6.27. The van der Waals surface area contributed by atoms with Crippen LogP contribution >= 0.6 is 0 Å². The van der Waals surface area contributed by atoms with E-state index in [1.165, 1.54) is 12.1 Å². The van der Waals surface area contributed by atoms with E-state index < -0.39 is 5.97 Å². The van der Waals surface area contributed by atoms with Crippen LogP contribution in [-0.4, -0.2) is 20.9 Å². The van der Waals surface area contributed by atoms with E-state index in [-0.39, 0.29) is 17.9 Å². The molecule has 1 aromatic heterocycles. The summed E-state index contributed by atoms with van der Waals surface area (Å²) in [6.07, 6.45) is 1.88. The lowest BCUT2D eigenvalue weighted by molar-refractivity contribution is 0.0697. The van der Waals surface area contributed by atoms with E-state index in [0.29, 0.717) is 11.8 Å². The van der Waals surface area contributed by atoms with Crippen LogP contribution in [0.4, 0.5) is 5.69 Å². The van der Waals surface area contributed by atoms with Crippen molar-refractivity contribution in [1.82, 2.24) is 9.78 Å². The normalized spacial score (nSPS) is 10.8. The van der Waals surface area contributed by atoms with Crippen LogP contribution in [0, 0.1) is 0 Å². The minimum atomic E-state index is -1.07. The Morgan fingerprint density at radius 2 is 2.20 bits per heavy atom. The summed E-state index contributed by atoms with van der Waals surface area (Å²) in [5.41, 5.74) is 6.62. The second-order valence-electron chi connectivity index (χ2n) is 4.72. The van der Waals surface area contributed by atoms with Crippen LogP contribution in [0.5, 0.6) is 5.75 Å². The number of carboxylic acid groups (broad SMARTS) is 1. The fourth-order valence-corrected chi connectivity index (χ4v) is 1.71. The summed E-state index contributed by atoms with van der Waals surface area (Å²) >= 11 is 0. The standard InChI is InChI=1S/C14H17N3O3/c1-9(2)17-6-5-10(16-17)8-20-11-3-4-13(15)12(7-11)14(18)19/h3-7,9H,8,15H2,1-2H3,(H,18,19). The Bertz CT molecular complexity index is 620. The van der Waals surface area contributed by atoms with Gasteiger partial charge in [-0.25, -0.2) is 4.79 Å². The van der Waals surface area contributed by atoms with Gasteiger partial charge in [0.1, 0.15) is 12.4 Å². The molecule has 0 aliphatic carbocycles. The van der Waals surface area contributed by atoms with Gasteiger partial charge in [0.15, 0.2) is 0 Å². The van der Waals surface area contributed by atoms with Gasteiger partial charge in [0.2, 0.25) is 0 Å². The summed E-state index contributed by atoms with van der Waals surface area (Å²) in [7, 11) is 0. The zero-order valence-corrected chi connectivity index (χ0v) is 11.4. The number of hydrogen-bond acceptors (Lipinski definition) is 4. The number of rotatable bonds is 5. The number of nitrogens with zero attached hydrogens (tertiary/aromatic N) is 2. The smallest absolute Gasteiger partial charge is 0.337 e. The third kappa shape index (κ3) is 3.09. The number of aromatic carboxylic acids is 1. The molecule has 106 valence electrons. The van der Waals surface area contributed by atoms with Crippen molar-refractivity contribution in [2.75, 3.05) is 5.73 Å². The van der Waals surface area contributed by atoms with E-state index in [1.54, 1.807) is 6.07 Å². The van der Waals surface area contributed by atoms with E-state index in [0.717, 1.165) is 5.69 Å². The van der Waals surface area contributed by atoms with Crippen molar-refractivity contribution in [3.63, 3.8) is 0 Å². The van der Waals surface area contributed by atoms with Crippen molar-refractivity contribution >= 4 is 11.7 Å². The van der Waals surface area contributed by atoms with Crippen molar-refractivity contribution in [2.24, 2.45) is 0 Å². The molecule has 0 radical (unpaired) electrons. The van der Waals surface area contributed by atoms with E-state index in [9.17, 15) is 4.79 Å².